The highest BCUT2D eigenvalue weighted by atomic mass is 16.4. The van der Waals surface area contributed by atoms with E-state index in [1.165, 1.54) is 0 Å². The number of carbonyl (C=O) groups excluding carboxylic acids is 1. The van der Waals surface area contributed by atoms with Crippen molar-refractivity contribution >= 4 is 18.0 Å². The van der Waals surface area contributed by atoms with Gasteiger partial charge in [-0.15, -0.1) is 0 Å². The maximum Gasteiger partial charge on any atom is 0.326 e. The van der Waals surface area contributed by atoms with Crippen LogP contribution in [0.2, 0.25) is 0 Å². The van der Waals surface area contributed by atoms with E-state index in [2.05, 4.69) is 10.6 Å². The normalized spacial score (nSPS) is 12.6. The number of hydrogen-bond acceptors (Lipinski definition) is 3. The molecule has 0 rings (SSSR count). The average molecular weight is 260 g/mol. The molecule has 18 heavy (non-hydrogen) atoms. The third kappa shape index (κ3) is 8.37. The molecule has 0 fully saturated rings. The van der Waals surface area contributed by atoms with Gasteiger partial charge >= 0.3 is 18.0 Å². The fraction of sp³-hybridized carbons (Fsp3) is 0.727. The first kappa shape index (κ1) is 16.2. The molecule has 0 unspecified atom stereocenters. The van der Waals surface area contributed by atoms with Crippen molar-refractivity contribution in [2.45, 2.75) is 39.7 Å². The molecule has 0 saturated carbocycles. The maximum atomic E-state index is 11.4. The van der Waals surface area contributed by atoms with Crippen LogP contribution in [0, 0.1) is 5.41 Å². The van der Waals surface area contributed by atoms with Crippen molar-refractivity contribution in [3.63, 3.8) is 0 Å². The number of rotatable bonds is 6. The lowest BCUT2D eigenvalue weighted by Crippen LogP contribution is -2.47. The SMILES string of the molecule is CC(C)(C)CNC(=O)N[C@@H](CCC(=O)O)C(=O)O. The minimum atomic E-state index is -1.25. The van der Waals surface area contributed by atoms with Gasteiger partial charge in [-0.3, -0.25) is 4.79 Å². The van der Waals surface area contributed by atoms with E-state index in [0.717, 1.165) is 0 Å². The number of hydrogen-bond donors (Lipinski definition) is 4. The van der Waals surface area contributed by atoms with Crippen molar-refractivity contribution in [1.29, 1.82) is 0 Å². The second kappa shape index (κ2) is 6.83. The molecule has 104 valence electrons. The van der Waals surface area contributed by atoms with Gasteiger partial charge in [-0.05, 0) is 11.8 Å². The molecule has 7 nitrogen and oxygen atoms in total. The van der Waals surface area contributed by atoms with Crippen LogP contribution in [0.5, 0.6) is 0 Å². The Morgan fingerprint density at radius 1 is 1.17 bits per heavy atom. The van der Waals surface area contributed by atoms with E-state index in [1.807, 2.05) is 20.8 Å². The van der Waals surface area contributed by atoms with E-state index in [4.69, 9.17) is 10.2 Å². The van der Waals surface area contributed by atoms with Gasteiger partial charge in [-0.25, -0.2) is 9.59 Å². The van der Waals surface area contributed by atoms with Gasteiger partial charge in [0.2, 0.25) is 0 Å². The Labute approximate surface area is 106 Å². The van der Waals surface area contributed by atoms with Gasteiger partial charge in [0.05, 0.1) is 0 Å². The monoisotopic (exact) mass is 260 g/mol. The molecule has 7 heteroatoms. The highest BCUT2D eigenvalue weighted by Crippen LogP contribution is 2.10. The lowest BCUT2D eigenvalue weighted by atomic mass is 9.97. The summed E-state index contributed by atoms with van der Waals surface area (Å²) in [5.41, 5.74) is -0.114. The molecular formula is C11H20N2O5. The summed E-state index contributed by atoms with van der Waals surface area (Å²) in [7, 11) is 0. The zero-order valence-corrected chi connectivity index (χ0v) is 10.8. The number of urea groups is 1. The van der Waals surface area contributed by atoms with Crippen LogP contribution >= 0.6 is 0 Å². The molecule has 0 saturated heterocycles. The van der Waals surface area contributed by atoms with E-state index < -0.39 is 24.0 Å². The molecule has 2 amide bonds. The Hall–Kier alpha value is -1.79. The summed E-state index contributed by atoms with van der Waals surface area (Å²) in [5.74, 6) is -2.35. The molecule has 0 aliphatic heterocycles. The number of carboxylic acid groups (broad SMARTS) is 2. The Balaban J connectivity index is 4.20. The molecule has 0 heterocycles. The molecule has 0 aromatic carbocycles. The van der Waals surface area contributed by atoms with E-state index in [-0.39, 0.29) is 18.3 Å². The van der Waals surface area contributed by atoms with E-state index in [9.17, 15) is 14.4 Å². The summed E-state index contributed by atoms with van der Waals surface area (Å²) in [4.78, 5) is 32.6. The summed E-state index contributed by atoms with van der Waals surface area (Å²) >= 11 is 0. The number of nitrogens with one attached hydrogen (secondary N) is 2. The summed E-state index contributed by atoms with van der Waals surface area (Å²) in [5, 5.41) is 22.1. The Morgan fingerprint density at radius 3 is 2.11 bits per heavy atom. The first-order valence-electron chi connectivity index (χ1n) is 5.61. The Bertz CT molecular complexity index is 322. The van der Waals surface area contributed by atoms with E-state index in [1.54, 1.807) is 0 Å². The number of aliphatic carboxylic acids is 2. The predicted octanol–water partition coefficient (Wildman–Crippen LogP) is 0.650. The highest BCUT2D eigenvalue weighted by Gasteiger charge is 2.21. The van der Waals surface area contributed by atoms with Crippen LogP contribution in [0.3, 0.4) is 0 Å². The molecule has 0 aromatic rings. The van der Waals surface area contributed by atoms with Crippen LogP contribution in [0.4, 0.5) is 4.79 Å². The smallest absolute Gasteiger partial charge is 0.326 e. The van der Waals surface area contributed by atoms with Gasteiger partial charge in [-0.2, -0.15) is 0 Å². The predicted molar refractivity (Wildman–Crippen MR) is 64.3 cm³/mol. The largest absolute Gasteiger partial charge is 0.481 e. The topological polar surface area (TPSA) is 116 Å². The molecule has 0 aliphatic rings. The quantitative estimate of drug-likeness (QED) is 0.559. The maximum absolute atomic E-state index is 11.4. The van der Waals surface area contributed by atoms with Crippen LogP contribution < -0.4 is 10.6 Å². The third-order valence-corrected chi connectivity index (χ3v) is 2.03. The Kier molecular flexibility index (Phi) is 6.15. The van der Waals surface area contributed by atoms with Gasteiger partial charge in [0.25, 0.3) is 0 Å². The fourth-order valence-corrected chi connectivity index (χ4v) is 1.08. The first-order valence-corrected chi connectivity index (χ1v) is 5.61. The van der Waals surface area contributed by atoms with Crippen molar-refractivity contribution < 1.29 is 24.6 Å². The molecule has 4 N–H and O–H groups in total. The minimum absolute atomic E-state index is 0.114. The van der Waals surface area contributed by atoms with Gasteiger partial charge in [0.1, 0.15) is 6.04 Å². The first-order chi connectivity index (χ1) is 8.11. The number of carbonyl (C=O) groups is 3. The molecule has 0 aromatic heterocycles. The van der Waals surface area contributed by atoms with Crippen LogP contribution in [-0.4, -0.2) is 40.8 Å². The lowest BCUT2D eigenvalue weighted by Gasteiger charge is -2.20. The van der Waals surface area contributed by atoms with E-state index >= 15 is 0 Å². The third-order valence-electron chi connectivity index (χ3n) is 2.03. The molecule has 0 aliphatic carbocycles. The fourth-order valence-electron chi connectivity index (χ4n) is 1.08. The minimum Gasteiger partial charge on any atom is -0.481 e. The van der Waals surface area contributed by atoms with Gasteiger partial charge in [0, 0.05) is 13.0 Å². The number of amides is 2. The molecule has 1 atom stereocenters. The zero-order chi connectivity index (χ0) is 14.3. The molecule has 0 spiro atoms. The highest BCUT2D eigenvalue weighted by molar-refractivity contribution is 5.83. The van der Waals surface area contributed by atoms with Gasteiger partial charge in [-0.1, -0.05) is 20.8 Å². The standard InChI is InChI=1S/C11H20N2O5/c1-11(2,3)6-12-10(18)13-7(9(16)17)4-5-8(14)15/h7H,4-6H2,1-3H3,(H,14,15)(H,16,17)(H2,12,13,18)/t7-/m0/s1. The Morgan fingerprint density at radius 2 is 1.72 bits per heavy atom. The van der Waals surface area contributed by atoms with Crippen LogP contribution in [0.25, 0.3) is 0 Å². The lowest BCUT2D eigenvalue weighted by molar-refractivity contribution is -0.140. The zero-order valence-electron chi connectivity index (χ0n) is 10.8. The molecular weight excluding hydrogens is 240 g/mol. The van der Waals surface area contributed by atoms with Crippen molar-refractivity contribution in [2.75, 3.05) is 6.54 Å². The second-order valence-corrected chi connectivity index (χ2v) is 5.21. The van der Waals surface area contributed by atoms with Crippen molar-refractivity contribution in [1.82, 2.24) is 10.6 Å². The molecule has 0 radical (unpaired) electrons. The summed E-state index contributed by atoms with van der Waals surface area (Å²) in [6.07, 6.45) is -0.454. The van der Waals surface area contributed by atoms with Crippen LogP contribution in [-0.2, 0) is 9.59 Å². The average Bonchev–Trinajstić information content (AvgIpc) is 2.19. The summed E-state index contributed by atoms with van der Waals surface area (Å²) in [6, 6.07) is -1.80. The van der Waals surface area contributed by atoms with Crippen molar-refractivity contribution in [2.24, 2.45) is 5.41 Å². The summed E-state index contributed by atoms with van der Waals surface area (Å²) < 4.78 is 0. The van der Waals surface area contributed by atoms with Crippen LogP contribution in [0.15, 0.2) is 0 Å². The molecule has 0 bridgehead atoms. The van der Waals surface area contributed by atoms with Crippen molar-refractivity contribution in [3.05, 3.63) is 0 Å². The van der Waals surface area contributed by atoms with Gasteiger partial charge < -0.3 is 20.8 Å². The van der Waals surface area contributed by atoms with Crippen molar-refractivity contribution in [3.8, 4) is 0 Å². The number of carboxylic acids is 2. The van der Waals surface area contributed by atoms with Gasteiger partial charge in [0.15, 0.2) is 0 Å². The second-order valence-electron chi connectivity index (χ2n) is 5.21. The van der Waals surface area contributed by atoms with E-state index in [0.29, 0.717) is 6.54 Å². The van der Waals surface area contributed by atoms with Crippen LogP contribution in [0.1, 0.15) is 33.6 Å². The summed E-state index contributed by atoms with van der Waals surface area (Å²) in [6.45, 7) is 6.16.